The molecule has 0 aliphatic carbocycles. The van der Waals surface area contributed by atoms with Crippen LogP contribution in [0, 0.1) is 5.82 Å². The third kappa shape index (κ3) is 2.83. The smallest absolute Gasteiger partial charge is 0.123 e. The number of nitrogens with zero attached hydrogens (tertiary/aromatic N) is 1. The summed E-state index contributed by atoms with van der Waals surface area (Å²) in [6, 6.07) is 6.62. The molecule has 0 unspecified atom stereocenters. The van der Waals surface area contributed by atoms with Crippen molar-refractivity contribution in [2.75, 3.05) is 12.9 Å². The van der Waals surface area contributed by atoms with Crippen LogP contribution in [0.4, 0.5) is 4.39 Å². The summed E-state index contributed by atoms with van der Waals surface area (Å²) in [6.45, 7) is 0.737. The number of hydrogen-bond donors (Lipinski definition) is 1. The molecule has 1 rings (SSSR count). The quantitative estimate of drug-likeness (QED) is 0.558. The van der Waals surface area contributed by atoms with Crippen LogP contribution in [0.2, 0.25) is 0 Å². The molecule has 0 radical (unpaired) electrons. The third-order valence-electron chi connectivity index (χ3n) is 1.58. The molecule has 1 aromatic carbocycles. The molecule has 0 heterocycles. The summed E-state index contributed by atoms with van der Waals surface area (Å²) in [5.74, 6) is 0.497. The average molecular weight is 185 g/mol. The Hall–Kier alpha value is -0.540. The summed E-state index contributed by atoms with van der Waals surface area (Å²) in [5.41, 5.74) is 0.978. The third-order valence-corrected chi connectivity index (χ3v) is 2.07. The Balaban J connectivity index is 2.63. The van der Waals surface area contributed by atoms with E-state index in [2.05, 4.69) is 12.6 Å². The number of halogens is 1. The molecule has 66 valence electrons. The Kier molecular flexibility index (Phi) is 3.56. The molecule has 0 atom stereocenters. The Morgan fingerprint density at radius 3 is 2.83 bits per heavy atom. The molecular formula is C9H12FNS. The van der Waals surface area contributed by atoms with Crippen LogP contribution in [-0.4, -0.2) is 17.8 Å². The van der Waals surface area contributed by atoms with Gasteiger partial charge in [-0.3, -0.25) is 4.90 Å². The van der Waals surface area contributed by atoms with E-state index in [0.29, 0.717) is 5.88 Å². The summed E-state index contributed by atoms with van der Waals surface area (Å²) in [7, 11) is 1.94. The highest BCUT2D eigenvalue weighted by atomic mass is 32.1. The second-order valence-corrected chi connectivity index (χ2v) is 3.07. The molecule has 1 nitrogen and oxygen atoms in total. The van der Waals surface area contributed by atoms with Crippen molar-refractivity contribution in [2.45, 2.75) is 6.54 Å². The highest BCUT2D eigenvalue weighted by Gasteiger charge is 1.98. The first-order valence-corrected chi connectivity index (χ1v) is 4.39. The maximum absolute atomic E-state index is 12.7. The predicted molar refractivity (Wildman–Crippen MR) is 51.7 cm³/mol. The minimum absolute atomic E-state index is 0.180. The van der Waals surface area contributed by atoms with Crippen molar-refractivity contribution in [1.82, 2.24) is 4.90 Å². The van der Waals surface area contributed by atoms with Crippen LogP contribution in [-0.2, 0) is 6.54 Å². The SMILES string of the molecule is CN(CS)Cc1cccc(F)c1. The van der Waals surface area contributed by atoms with Gasteiger partial charge in [-0.2, -0.15) is 12.6 Å². The fourth-order valence-electron chi connectivity index (χ4n) is 0.997. The highest BCUT2D eigenvalue weighted by Crippen LogP contribution is 2.05. The van der Waals surface area contributed by atoms with E-state index in [1.54, 1.807) is 12.1 Å². The molecule has 0 fully saturated rings. The fraction of sp³-hybridized carbons (Fsp3) is 0.333. The van der Waals surface area contributed by atoms with Crippen LogP contribution < -0.4 is 0 Å². The Bertz CT molecular complexity index is 252. The van der Waals surface area contributed by atoms with Crippen molar-refractivity contribution in [2.24, 2.45) is 0 Å². The van der Waals surface area contributed by atoms with Crippen LogP contribution in [0.15, 0.2) is 24.3 Å². The lowest BCUT2D eigenvalue weighted by Gasteiger charge is -2.12. The Morgan fingerprint density at radius 1 is 1.50 bits per heavy atom. The maximum atomic E-state index is 12.7. The van der Waals surface area contributed by atoms with E-state index in [-0.39, 0.29) is 5.82 Å². The molecule has 0 bridgehead atoms. The van der Waals surface area contributed by atoms with E-state index in [1.807, 2.05) is 18.0 Å². The van der Waals surface area contributed by atoms with Crippen LogP contribution in [0.5, 0.6) is 0 Å². The van der Waals surface area contributed by atoms with Crippen molar-refractivity contribution in [3.05, 3.63) is 35.6 Å². The molecule has 0 aliphatic heterocycles. The molecule has 3 heteroatoms. The van der Waals surface area contributed by atoms with Gasteiger partial charge in [0.05, 0.1) is 0 Å². The molecule has 0 N–H and O–H groups in total. The van der Waals surface area contributed by atoms with Crippen LogP contribution in [0.1, 0.15) is 5.56 Å². The van der Waals surface area contributed by atoms with Gasteiger partial charge < -0.3 is 0 Å². The topological polar surface area (TPSA) is 3.24 Å². The van der Waals surface area contributed by atoms with E-state index in [9.17, 15) is 4.39 Å². The van der Waals surface area contributed by atoms with E-state index < -0.39 is 0 Å². The Morgan fingerprint density at radius 2 is 2.25 bits per heavy atom. The zero-order valence-corrected chi connectivity index (χ0v) is 7.89. The molecule has 1 aromatic rings. The second-order valence-electron chi connectivity index (χ2n) is 2.79. The number of rotatable bonds is 3. The summed E-state index contributed by atoms with van der Waals surface area (Å²) in [5, 5.41) is 0. The maximum Gasteiger partial charge on any atom is 0.123 e. The van der Waals surface area contributed by atoms with Crippen molar-refractivity contribution in [3.63, 3.8) is 0 Å². The van der Waals surface area contributed by atoms with Gasteiger partial charge in [-0.15, -0.1) is 0 Å². The molecule has 0 amide bonds. The first-order chi connectivity index (χ1) is 5.72. The molecule has 0 saturated carbocycles. The van der Waals surface area contributed by atoms with Gasteiger partial charge in [0, 0.05) is 12.4 Å². The monoisotopic (exact) mass is 185 g/mol. The van der Waals surface area contributed by atoms with E-state index in [1.165, 1.54) is 6.07 Å². The van der Waals surface area contributed by atoms with Crippen molar-refractivity contribution < 1.29 is 4.39 Å². The molecule has 12 heavy (non-hydrogen) atoms. The van der Waals surface area contributed by atoms with Crippen LogP contribution in [0.25, 0.3) is 0 Å². The molecule has 0 aromatic heterocycles. The zero-order valence-electron chi connectivity index (χ0n) is 7.00. The van der Waals surface area contributed by atoms with Gasteiger partial charge in [0.15, 0.2) is 0 Å². The fourth-order valence-corrected chi connectivity index (χ4v) is 1.10. The van der Waals surface area contributed by atoms with Gasteiger partial charge in [0.1, 0.15) is 5.82 Å². The van der Waals surface area contributed by atoms with Crippen LogP contribution in [0.3, 0.4) is 0 Å². The van der Waals surface area contributed by atoms with Crippen molar-refractivity contribution in [1.29, 1.82) is 0 Å². The van der Waals surface area contributed by atoms with E-state index >= 15 is 0 Å². The predicted octanol–water partition coefficient (Wildman–Crippen LogP) is 2.14. The average Bonchev–Trinajstić information content (AvgIpc) is 2.04. The molecule has 0 saturated heterocycles. The number of thiol groups is 1. The zero-order chi connectivity index (χ0) is 8.97. The number of benzene rings is 1. The molecule has 0 spiro atoms. The van der Waals surface area contributed by atoms with Gasteiger partial charge in [0.2, 0.25) is 0 Å². The lowest BCUT2D eigenvalue weighted by molar-refractivity contribution is 0.386. The summed E-state index contributed by atoms with van der Waals surface area (Å²) in [4.78, 5) is 2.00. The van der Waals surface area contributed by atoms with Gasteiger partial charge in [-0.05, 0) is 24.7 Å². The number of hydrogen-bond acceptors (Lipinski definition) is 2. The van der Waals surface area contributed by atoms with Gasteiger partial charge in [-0.25, -0.2) is 4.39 Å². The van der Waals surface area contributed by atoms with Gasteiger partial charge >= 0.3 is 0 Å². The van der Waals surface area contributed by atoms with Crippen molar-refractivity contribution in [3.8, 4) is 0 Å². The van der Waals surface area contributed by atoms with E-state index in [0.717, 1.165) is 12.1 Å². The van der Waals surface area contributed by atoms with Gasteiger partial charge in [0.25, 0.3) is 0 Å². The molecular weight excluding hydrogens is 173 g/mol. The lowest BCUT2D eigenvalue weighted by Crippen LogP contribution is -2.15. The molecule has 0 aliphatic rings. The van der Waals surface area contributed by atoms with Crippen molar-refractivity contribution >= 4 is 12.6 Å². The second kappa shape index (κ2) is 4.48. The lowest BCUT2D eigenvalue weighted by atomic mass is 10.2. The summed E-state index contributed by atoms with van der Waals surface area (Å²) >= 11 is 4.10. The van der Waals surface area contributed by atoms with Crippen LogP contribution >= 0.6 is 12.6 Å². The standard InChI is InChI=1S/C9H12FNS/c1-11(7-12)6-8-3-2-4-9(10)5-8/h2-5,12H,6-7H2,1H3. The highest BCUT2D eigenvalue weighted by molar-refractivity contribution is 7.80. The minimum Gasteiger partial charge on any atom is -0.293 e. The summed E-state index contributed by atoms with van der Waals surface area (Å²) in [6.07, 6.45) is 0. The normalized spacial score (nSPS) is 10.7. The Labute approximate surface area is 77.6 Å². The first-order valence-electron chi connectivity index (χ1n) is 3.76. The largest absolute Gasteiger partial charge is 0.293 e. The van der Waals surface area contributed by atoms with Gasteiger partial charge in [-0.1, -0.05) is 12.1 Å². The minimum atomic E-state index is -0.180. The van der Waals surface area contributed by atoms with E-state index in [4.69, 9.17) is 0 Å². The first kappa shape index (κ1) is 9.55. The summed E-state index contributed by atoms with van der Waals surface area (Å²) < 4.78 is 12.7.